The number of Topliss-reactive ketones (excluding diaryl/α,β-unsaturated/α-hetero) is 2. The number of nitrogens with one attached hydrogen (secondary N) is 1. The highest BCUT2D eigenvalue weighted by molar-refractivity contribution is 6.17. The molecule has 218 valence electrons. The molecule has 0 unspecified atom stereocenters. The van der Waals surface area contributed by atoms with Crippen molar-refractivity contribution in [3.63, 3.8) is 0 Å². The lowest BCUT2D eigenvalue weighted by Gasteiger charge is -2.38. The molecule has 7 rings (SSSR count). The first kappa shape index (κ1) is 27.4. The molecule has 4 atom stereocenters. The molecule has 3 heterocycles. The van der Waals surface area contributed by atoms with Crippen molar-refractivity contribution in [1.82, 2.24) is 4.90 Å². The zero-order valence-corrected chi connectivity index (χ0v) is 24.1. The van der Waals surface area contributed by atoms with Gasteiger partial charge in [0.2, 0.25) is 5.91 Å². The molecule has 7 heteroatoms. The summed E-state index contributed by atoms with van der Waals surface area (Å²) < 4.78 is 11.3. The van der Waals surface area contributed by atoms with Crippen molar-refractivity contribution in [3.05, 3.63) is 144 Å². The van der Waals surface area contributed by atoms with E-state index < -0.39 is 23.4 Å². The van der Waals surface area contributed by atoms with E-state index in [1.54, 1.807) is 61.7 Å². The number of ether oxygens (including phenoxy) is 2. The van der Waals surface area contributed by atoms with Crippen LogP contribution in [0.4, 0.5) is 5.69 Å². The first-order valence-electron chi connectivity index (χ1n) is 14.5. The molecule has 3 aliphatic heterocycles. The third-order valence-corrected chi connectivity index (χ3v) is 9.01. The zero-order valence-electron chi connectivity index (χ0n) is 24.1. The van der Waals surface area contributed by atoms with Gasteiger partial charge in [-0.25, -0.2) is 0 Å². The number of nitrogens with zero attached hydrogens (tertiary/aromatic N) is 1. The maximum atomic E-state index is 15.1. The third-order valence-electron chi connectivity index (χ3n) is 9.01. The Balaban J connectivity index is 1.51. The van der Waals surface area contributed by atoms with Crippen molar-refractivity contribution in [2.24, 2.45) is 5.92 Å². The summed E-state index contributed by atoms with van der Waals surface area (Å²) in [6.45, 7) is 3.94. The first-order valence-corrected chi connectivity index (χ1v) is 14.5. The number of para-hydroxylation sites is 2. The fourth-order valence-corrected chi connectivity index (χ4v) is 7.21. The molecule has 1 saturated heterocycles. The van der Waals surface area contributed by atoms with Crippen LogP contribution >= 0.6 is 0 Å². The van der Waals surface area contributed by atoms with Gasteiger partial charge >= 0.3 is 0 Å². The molecule has 0 aromatic heterocycles. The lowest BCUT2D eigenvalue weighted by molar-refractivity contribution is -0.122. The summed E-state index contributed by atoms with van der Waals surface area (Å²) in [4.78, 5) is 46.4. The van der Waals surface area contributed by atoms with Crippen LogP contribution in [0.5, 0.6) is 11.5 Å². The lowest BCUT2D eigenvalue weighted by Crippen LogP contribution is -2.49. The quantitative estimate of drug-likeness (QED) is 0.196. The number of carbonyl (C=O) groups is 3. The Morgan fingerprint density at radius 2 is 1.66 bits per heavy atom. The predicted molar refractivity (Wildman–Crippen MR) is 168 cm³/mol. The monoisotopic (exact) mass is 582 g/mol. The average molecular weight is 583 g/mol. The molecule has 4 aromatic rings. The Morgan fingerprint density at radius 3 is 2.45 bits per heavy atom. The topological polar surface area (TPSA) is 84.9 Å². The van der Waals surface area contributed by atoms with Gasteiger partial charge in [0.25, 0.3) is 0 Å². The minimum atomic E-state index is -1.42. The maximum absolute atomic E-state index is 15.1. The minimum absolute atomic E-state index is 0.197. The number of ketones is 2. The molecule has 7 nitrogen and oxygen atoms in total. The van der Waals surface area contributed by atoms with Gasteiger partial charge in [-0.2, -0.15) is 0 Å². The van der Waals surface area contributed by atoms with Crippen molar-refractivity contribution in [1.29, 1.82) is 0 Å². The van der Waals surface area contributed by atoms with Gasteiger partial charge in [-0.05, 0) is 65.2 Å². The van der Waals surface area contributed by atoms with E-state index in [1.807, 2.05) is 65.7 Å². The van der Waals surface area contributed by atoms with Crippen LogP contribution in [0.2, 0.25) is 0 Å². The highest BCUT2D eigenvalue weighted by Gasteiger charge is 2.70. The smallest absolute Gasteiger partial charge is 0.238 e. The standard InChI is InChI=1S/C37H30N2O5/c1-3-22-44-30-15-9-6-12-27(30)34(41)31-32(33(40)24-16-18-25(43-2)19-17-24)39-21-20-23-10-4-5-11-26(23)35(39)37(31)28-13-7-8-14-29(28)38-36(37)42/h3-21,31-32,35H,1,22H2,2H3,(H,38,42)/t31-,32+,35-,37+/m0/s1. The molecule has 3 aliphatic rings. The van der Waals surface area contributed by atoms with Crippen LogP contribution in [0, 0.1) is 5.92 Å². The number of fused-ring (bicyclic) bond motifs is 6. The highest BCUT2D eigenvalue weighted by Crippen LogP contribution is 2.62. The van der Waals surface area contributed by atoms with E-state index in [0.717, 1.165) is 11.1 Å². The predicted octanol–water partition coefficient (Wildman–Crippen LogP) is 6.24. The molecule has 0 bridgehead atoms. The van der Waals surface area contributed by atoms with Gasteiger partial charge in [0.15, 0.2) is 11.6 Å². The van der Waals surface area contributed by atoms with Gasteiger partial charge < -0.3 is 19.7 Å². The summed E-state index contributed by atoms with van der Waals surface area (Å²) >= 11 is 0. The van der Waals surface area contributed by atoms with E-state index in [2.05, 4.69) is 11.9 Å². The largest absolute Gasteiger partial charge is 0.497 e. The van der Waals surface area contributed by atoms with Gasteiger partial charge in [-0.1, -0.05) is 67.3 Å². The van der Waals surface area contributed by atoms with Crippen molar-refractivity contribution < 1.29 is 23.9 Å². The molecule has 1 fully saturated rings. The second-order valence-corrected chi connectivity index (χ2v) is 11.1. The summed E-state index contributed by atoms with van der Waals surface area (Å²) in [5.74, 6) is -1.04. The number of anilines is 1. The summed E-state index contributed by atoms with van der Waals surface area (Å²) in [6, 6.07) is 27.5. The van der Waals surface area contributed by atoms with Gasteiger partial charge in [0.05, 0.1) is 24.6 Å². The molecule has 0 aliphatic carbocycles. The van der Waals surface area contributed by atoms with Crippen LogP contribution in [-0.4, -0.2) is 42.1 Å². The van der Waals surface area contributed by atoms with E-state index in [-0.39, 0.29) is 24.1 Å². The second kappa shape index (κ2) is 10.7. The van der Waals surface area contributed by atoms with Crippen LogP contribution < -0.4 is 14.8 Å². The molecule has 0 radical (unpaired) electrons. The molecular weight excluding hydrogens is 552 g/mol. The zero-order chi connectivity index (χ0) is 30.4. The van der Waals surface area contributed by atoms with Crippen molar-refractivity contribution >= 4 is 29.2 Å². The number of rotatable bonds is 8. The minimum Gasteiger partial charge on any atom is -0.497 e. The molecule has 4 aromatic carbocycles. The number of amides is 1. The van der Waals surface area contributed by atoms with Crippen molar-refractivity contribution in [2.45, 2.75) is 17.5 Å². The van der Waals surface area contributed by atoms with Crippen molar-refractivity contribution in [3.8, 4) is 11.5 Å². The van der Waals surface area contributed by atoms with Gasteiger partial charge in [-0.15, -0.1) is 0 Å². The summed E-state index contributed by atoms with van der Waals surface area (Å²) in [5, 5.41) is 3.08. The number of benzene rings is 4. The Bertz CT molecular complexity index is 1840. The molecular formula is C37H30N2O5. The third kappa shape index (κ3) is 3.93. The van der Waals surface area contributed by atoms with Crippen LogP contribution in [0.1, 0.15) is 43.4 Å². The molecule has 1 N–H and O–H groups in total. The van der Waals surface area contributed by atoms with Crippen LogP contribution in [0.25, 0.3) is 6.08 Å². The summed E-state index contributed by atoms with van der Waals surface area (Å²) in [7, 11) is 1.56. The fraction of sp³-hybridized carbons (Fsp3) is 0.162. The van der Waals surface area contributed by atoms with E-state index in [9.17, 15) is 9.59 Å². The second-order valence-electron chi connectivity index (χ2n) is 11.1. The van der Waals surface area contributed by atoms with Gasteiger partial charge in [0, 0.05) is 17.5 Å². The maximum Gasteiger partial charge on any atom is 0.238 e. The fourth-order valence-electron chi connectivity index (χ4n) is 7.21. The number of hydrogen-bond acceptors (Lipinski definition) is 6. The van der Waals surface area contributed by atoms with Crippen LogP contribution in [-0.2, 0) is 10.2 Å². The Morgan fingerprint density at radius 1 is 0.932 bits per heavy atom. The average Bonchev–Trinajstić information content (AvgIpc) is 3.55. The van der Waals surface area contributed by atoms with Gasteiger partial charge in [-0.3, -0.25) is 14.4 Å². The molecule has 1 spiro atoms. The SMILES string of the molecule is C=CCOc1ccccc1C(=O)[C@@H]1[C@H](C(=O)c2ccc(OC)cc2)N2C=Cc3ccccc3[C@H]2[C@]12C(=O)Nc1ccccc12. The van der Waals surface area contributed by atoms with Crippen LogP contribution in [0.3, 0.4) is 0 Å². The van der Waals surface area contributed by atoms with E-state index in [1.165, 1.54) is 0 Å². The molecule has 44 heavy (non-hydrogen) atoms. The number of carbonyl (C=O) groups excluding carboxylic acids is 3. The lowest BCUT2D eigenvalue weighted by atomic mass is 9.62. The van der Waals surface area contributed by atoms with E-state index in [0.29, 0.717) is 33.9 Å². The van der Waals surface area contributed by atoms with Crippen LogP contribution in [0.15, 0.2) is 116 Å². The number of methoxy groups -OCH3 is 1. The van der Waals surface area contributed by atoms with E-state index in [4.69, 9.17) is 9.47 Å². The highest BCUT2D eigenvalue weighted by atomic mass is 16.5. The summed E-state index contributed by atoms with van der Waals surface area (Å²) in [5.41, 5.74) is 2.44. The Hall–Kier alpha value is -5.43. The first-order chi connectivity index (χ1) is 21.5. The molecule has 1 amide bonds. The molecule has 0 saturated carbocycles. The summed E-state index contributed by atoms with van der Waals surface area (Å²) in [6.07, 6.45) is 5.42. The van der Waals surface area contributed by atoms with Gasteiger partial charge in [0.1, 0.15) is 29.6 Å². The van der Waals surface area contributed by atoms with Crippen molar-refractivity contribution in [2.75, 3.05) is 19.0 Å². The van der Waals surface area contributed by atoms with E-state index >= 15 is 4.79 Å². The Kier molecular flexibility index (Phi) is 6.66. The number of hydrogen-bond donors (Lipinski definition) is 1. The normalized spacial score (nSPS) is 22.5. The Labute approximate surface area is 255 Å².